The minimum Gasteiger partial charge on any atom is -0.465 e. The van der Waals surface area contributed by atoms with Crippen molar-refractivity contribution < 1.29 is 23.8 Å². The summed E-state index contributed by atoms with van der Waals surface area (Å²) in [7, 11) is 0. The summed E-state index contributed by atoms with van der Waals surface area (Å²) in [5.74, 6) is 0.166. The zero-order valence-electron chi connectivity index (χ0n) is 20.0. The van der Waals surface area contributed by atoms with E-state index in [1.165, 1.54) is 5.56 Å². The molecular formula is C26H30N4O5. The van der Waals surface area contributed by atoms with Crippen molar-refractivity contribution in [3.05, 3.63) is 59.2 Å². The summed E-state index contributed by atoms with van der Waals surface area (Å²) in [6.07, 6.45) is 0. The minimum atomic E-state index is -1.01. The summed E-state index contributed by atoms with van der Waals surface area (Å²) in [6, 6.07) is 13.2. The Hall–Kier alpha value is -3.59. The topological polar surface area (TPSA) is 92.7 Å². The quantitative estimate of drug-likeness (QED) is 0.521. The number of aryl methyl sites for hydroxylation is 1. The van der Waals surface area contributed by atoms with Gasteiger partial charge >= 0.3 is 5.97 Å². The third-order valence-electron chi connectivity index (χ3n) is 6.57. The fourth-order valence-corrected chi connectivity index (χ4v) is 4.64. The molecule has 9 nitrogen and oxygen atoms in total. The molecule has 0 bridgehead atoms. The monoisotopic (exact) mass is 478 g/mol. The van der Waals surface area contributed by atoms with Gasteiger partial charge in [0.2, 0.25) is 18.7 Å². The third-order valence-corrected chi connectivity index (χ3v) is 6.57. The van der Waals surface area contributed by atoms with E-state index < -0.39 is 17.9 Å². The first-order valence-electron chi connectivity index (χ1n) is 12.0. The van der Waals surface area contributed by atoms with Crippen LogP contribution < -0.4 is 14.8 Å². The van der Waals surface area contributed by atoms with Crippen LogP contribution in [0.1, 0.15) is 29.7 Å². The number of fused-ring (bicyclic) bond motifs is 1. The molecule has 0 spiro atoms. The number of rotatable bonds is 5. The number of nitrogens with one attached hydrogen (secondary N) is 1. The molecule has 2 atom stereocenters. The van der Waals surface area contributed by atoms with E-state index in [2.05, 4.69) is 21.2 Å². The van der Waals surface area contributed by atoms with Gasteiger partial charge < -0.3 is 19.1 Å². The summed E-state index contributed by atoms with van der Waals surface area (Å²) >= 11 is 0. The lowest BCUT2D eigenvalue weighted by Crippen LogP contribution is -2.57. The van der Waals surface area contributed by atoms with Crippen molar-refractivity contribution in [2.24, 2.45) is 10.9 Å². The minimum absolute atomic E-state index is 0.213. The van der Waals surface area contributed by atoms with Gasteiger partial charge in [-0.1, -0.05) is 35.9 Å². The highest BCUT2D eigenvalue weighted by atomic mass is 16.7. The van der Waals surface area contributed by atoms with Gasteiger partial charge in [0.25, 0.3) is 0 Å². The first-order valence-corrected chi connectivity index (χ1v) is 12.0. The molecule has 0 saturated carbocycles. The zero-order chi connectivity index (χ0) is 24.4. The summed E-state index contributed by atoms with van der Waals surface area (Å²) in [5, 5.41) is 2.87. The van der Waals surface area contributed by atoms with Gasteiger partial charge in [0, 0.05) is 32.7 Å². The Morgan fingerprint density at radius 1 is 1.09 bits per heavy atom. The number of esters is 1. The highest BCUT2D eigenvalue weighted by Gasteiger charge is 2.42. The highest BCUT2D eigenvalue weighted by molar-refractivity contribution is 6.08. The van der Waals surface area contributed by atoms with Crippen LogP contribution in [0.15, 0.2) is 47.5 Å². The standard InChI is InChI=1S/C26H30N4O5/c1-3-33-25(32)22-23(19-7-4-17(2)5-8-19)27-26(28-24(22)31)30-12-10-29(11-13-30)15-18-6-9-20-21(14-18)35-16-34-20/h4-9,14,22-23H,3,10-13,15-16H2,1-2H3,(H,27,28,31). The van der Waals surface area contributed by atoms with Crippen molar-refractivity contribution in [1.82, 2.24) is 15.1 Å². The molecular weight excluding hydrogens is 448 g/mol. The number of hydrogen-bond donors (Lipinski definition) is 1. The molecule has 1 saturated heterocycles. The summed E-state index contributed by atoms with van der Waals surface area (Å²) in [4.78, 5) is 35.0. The van der Waals surface area contributed by atoms with Gasteiger partial charge in [-0.05, 0) is 37.1 Å². The Morgan fingerprint density at radius 2 is 1.83 bits per heavy atom. The van der Waals surface area contributed by atoms with E-state index in [4.69, 9.17) is 19.2 Å². The molecule has 3 aliphatic heterocycles. The van der Waals surface area contributed by atoms with Gasteiger partial charge in [-0.25, -0.2) is 4.99 Å². The maximum atomic E-state index is 13.1. The Bertz CT molecular complexity index is 1130. The zero-order valence-corrected chi connectivity index (χ0v) is 20.0. The molecule has 35 heavy (non-hydrogen) atoms. The lowest BCUT2D eigenvalue weighted by Gasteiger charge is -2.39. The molecule has 2 aromatic carbocycles. The first kappa shape index (κ1) is 23.2. The van der Waals surface area contributed by atoms with Crippen LogP contribution in [0.5, 0.6) is 11.5 Å². The molecule has 1 amide bonds. The normalized spacial score (nSPS) is 21.9. The van der Waals surface area contributed by atoms with E-state index in [1.807, 2.05) is 43.3 Å². The van der Waals surface area contributed by atoms with Crippen molar-refractivity contribution in [3.63, 3.8) is 0 Å². The lowest BCUT2D eigenvalue weighted by atomic mass is 9.91. The Balaban J connectivity index is 1.29. The first-order chi connectivity index (χ1) is 17.0. The van der Waals surface area contributed by atoms with Crippen LogP contribution in [0.4, 0.5) is 0 Å². The molecule has 0 aromatic heterocycles. The van der Waals surface area contributed by atoms with Crippen molar-refractivity contribution in [2.75, 3.05) is 39.6 Å². The SMILES string of the molecule is CCOC(=O)C1C(=O)NC(N2CCN(Cc3ccc4c(c3)OCO4)CC2)=NC1c1ccc(C)cc1. The Labute approximate surface area is 204 Å². The van der Waals surface area contributed by atoms with Crippen molar-refractivity contribution in [2.45, 2.75) is 26.4 Å². The fourth-order valence-electron chi connectivity index (χ4n) is 4.64. The van der Waals surface area contributed by atoms with Crippen LogP contribution in [-0.4, -0.2) is 67.2 Å². The molecule has 184 valence electrons. The van der Waals surface area contributed by atoms with Crippen LogP contribution in [0.3, 0.4) is 0 Å². The van der Waals surface area contributed by atoms with E-state index >= 15 is 0 Å². The number of benzene rings is 2. The summed E-state index contributed by atoms with van der Waals surface area (Å²) < 4.78 is 16.1. The maximum Gasteiger partial charge on any atom is 0.321 e. The number of amides is 1. The number of guanidine groups is 1. The average Bonchev–Trinajstić information content (AvgIpc) is 3.32. The Kier molecular flexibility index (Phi) is 6.59. The van der Waals surface area contributed by atoms with Crippen LogP contribution in [0, 0.1) is 12.8 Å². The molecule has 1 fully saturated rings. The molecule has 0 radical (unpaired) electrons. The van der Waals surface area contributed by atoms with Crippen molar-refractivity contribution in [1.29, 1.82) is 0 Å². The molecule has 2 unspecified atom stereocenters. The summed E-state index contributed by atoms with van der Waals surface area (Å²) in [5.41, 5.74) is 3.09. The van der Waals surface area contributed by atoms with Crippen LogP contribution in [0.25, 0.3) is 0 Å². The predicted molar refractivity (Wildman–Crippen MR) is 129 cm³/mol. The van der Waals surface area contributed by atoms with Gasteiger partial charge in [-0.3, -0.25) is 19.8 Å². The second-order valence-electron chi connectivity index (χ2n) is 8.98. The summed E-state index contributed by atoms with van der Waals surface area (Å²) in [6.45, 7) is 8.09. The number of aliphatic imine (C=N–C) groups is 1. The number of carbonyl (C=O) groups is 2. The second-order valence-corrected chi connectivity index (χ2v) is 8.98. The van der Waals surface area contributed by atoms with Gasteiger partial charge in [0.1, 0.15) is 6.04 Å². The number of piperazine rings is 1. The largest absolute Gasteiger partial charge is 0.465 e. The number of ether oxygens (including phenoxy) is 3. The van der Waals surface area contributed by atoms with E-state index in [-0.39, 0.29) is 19.3 Å². The second kappa shape index (κ2) is 9.95. The van der Waals surface area contributed by atoms with Crippen LogP contribution >= 0.6 is 0 Å². The fraction of sp³-hybridized carbons (Fsp3) is 0.423. The van der Waals surface area contributed by atoms with E-state index in [0.717, 1.165) is 42.3 Å². The molecule has 9 heteroatoms. The third kappa shape index (κ3) is 4.95. The predicted octanol–water partition coefficient (Wildman–Crippen LogP) is 2.25. The number of carbonyl (C=O) groups excluding carboxylic acids is 2. The smallest absolute Gasteiger partial charge is 0.321 e. The molecule has 0 aliphatic carbocycles. The molecule has 2 aromatic rings. The number of nitrogens with zero attached hydrogens (tertiary/aromatic N) is 3. The number of hydrogen-bond acceptors (Lipinski definition) is 8. The molecule has 3 aliphatic rings. The molecule has 3 heterocycles. The highest BCUT2D eigenvalue weighted by Crippen LogP contribution is 2.33. The van der Waals surface area contributed by atoms with Crippen molar-refractivity contribution >= 4 is 17.8 Å². The van der Waals surface area contributed by atoms with Crippen molar-refractivity contribution in [3.8, 4) is 11.5 Å². The van der Waals surface area contributed by atoms with Crippen LogP contribution in [0.2, 0.25) is 0 Å². The van der Waals surface area contributed by atoms with Gasteiger partial charge in [-0.2, -0.15) is 0 Å². The average molecular weight is 479 g/mol. The van der Waals surface area contributed by atoms with Gasteiger partial charge in [0.15, 0.2) is 17.4 Å². The Morgan fingerprint density at radius 3 is 2.57 bits per heavy atom. The molecule has 5 rings (SSSR count). The lowest BCUT2D eigenvalue weighted by molar-refractivity contribution is -0.153. The molecule has 1 N–H and O–H groups in total. The van der Waals surface area contributed by atoms with E-state index in [9.17, 15) is 9.59 Å². The van der Waals surface area contributed by atoms with Crippen LogP contribution in [-0.2, 0) is 20.9 Å². The van der Waals surface area contributed by atoms with Gasteiger partial charge in [-0.15, -0.1) is 0 Å². The van der Waals surface area contributed by atoms with E-state index in [0.29, 0.717) is 19.0 Å². The van der Waals surface area contributed by atoms with E-state index in [1.54, 1.807) is 6.92 Å². The van der Waals surface area contributed by atoms with Gasteiger partial charge in [0.05, 0.1) is 6.61 Å². The maximum absolute atomic E-state index is 13.1.